The van der Waals surface area contributed by atoms with Crippen molar-refractivity contribution in [2.75, 3.05) is 4.90 Å². The van der Waals surface area contributed by atoms with Gasteiger partial charge < -0.3 is 14.4 Å². The van der Waals surface area contributed by atoms with Crippen molar-refractivity contribution in [3.63, 3.8) is 0 Å². The Kier molecular flexibility index (Phi) is 5.15. The summed E-state index contributed by atoms with van der Waals surface area (Å²) in [5.74, 6) is 3.62. The fraction of sp³-hybridized carbons (Fsp3) is 0.0667. The maximum atomic E-state index is 7.17. The lowest BCUT2D eigenvalue weighted by Gasteiger charge is -2.41. The highest BCUT2D eigenvalue weighted by Crippen LogP contribution is 2.66. The normalized spacial score (nSPS) is 17.3. The van der Waals surface area contributed by atoms with Crippen molar-refractivity contribution in [1.29, 1.82) is 0 Å². The van der Waals surface area contributed by atoms with Crippen LogP contribution in [0.1, 0.15) is 39.8 Å². The van der Waals surface area contributed by atoms with E-state index in [1.807, 2.05) is 12.1 Å². The molecule has 0 bridgehead atoms. The Morgan fingerprint density at radius 1 is 0.521 bits per heavy atom. The van der Waals surface area contributed by atoms with Gasteiger partial charge >= 0.3 is 0 Å². The molecule has 0 radical (unpaired) electrons. The van der Waals surface area contributed by atoms with E-state index in [2.05, 4.69) is 144 Å². The molecule has 0 saturated heterocycles. The number of fused-ring (bicyclic) bond motifs is 15. The zero-order valence-electron chi connectivity index (χ0n) is 26.1. The fourth-order valence-corrected chi connectivity index (χ4v) is 8.82. The van der Waals surface area contributed by atoms with Gasteiger partial charge in [0.1, 0.15) is 11.5 Å². The third-order valence-electron chi connectivity index (χ3n) is 10.8. The number of ether oxygens (including phenoxy) is 2. The number of hydrogen-bond acceptors (Lipinski definition) is 3. The van der Waals surface area contributed by atoms with Gasteiger partial charge in [0.15, 0.2) is 11.5 Å². The summed E-state index contributed by atoms with van der Waals surface area (Å²) in [4.78, 5) is 2.39. The van der Waals surface area contributed by atoms with Gasteiger partial charge in [0, 0.05) is 27.6 Å². The Bertz CT molecular complexity index is 2500. The standard InChI is InChI=1S/C45H29NO2/c1-3-14-30-28(12-1)24-26-35-43(30)48-44-31-15-4-2-13-29(31)25-27-36(44)45(35)33-17-6-5-16-32(33)42-34(45)18-11-21-39(42)46-37-19-7-9-22-40(37)47-41-23-10-8-20-38(41)46/h1,3-12,14-27H,2,13H2. The second-order valence-corrected chi connectivity index (χ2v) is 13.1. The molecule has 7 aromatic rings. The van der Waals surface area contributed by atoms with Crippen LogP contribution in [-0.2, 0) is 11.8 Å². The summed E-state index contributed by atoms with van der Waals surface area (Å²) >= 11 is 0. The van der Waals surface area contributed by atoms with Crippen molar-refractivity contribution in [2.24, 2.45) is 0 Å². The van der Waals surface area contributed by atoms with Crippen molar-refractivity contribution in [2.45, 2.75) is 18.3 Å². The topological polar surface area (TPSA) is 21.7 Å². The molecule has 0 N–H and O–H groups in total. The van der Waals surface area contributed by atoms with Crippen molar-refractivity contribution in [3.8, 4) is 34.1 Å². The van der Waals surface area contributed by atoms with Crippen LogP contribution in [0.2, 0.25) is 0 Å². The molecule has 1 spiro atoms. The number of rotatable bonds is 1. The predicted octanol–water partition coefficient (Wildman–Crippen LogP) is 11.8. The molecule has 0 aromatic heterocycles. The number of aryl methyl sites for hydroxylation is 1. The van der Waals surface area contributed by atoms with E-state index in [0.29, 0.717) is 0 Å². The van der Waals surface area contributed by atoms with Crippen LogP contribution in [0, 0.1) is 0 Å². The first kappa shape index (κ1) is 26.1. The molecular weight excluding hydrogens is 587 g/mol. The minimum atomic E-state index is -0.583. The van der Waals surface area contributed by atoms with E-state index in [9.17, 15) is 0 Å². The summed E-state index contributed by atoms with van der Waals surface area (Å²) in [6.07, 6.45) is 6.64. The first-order valence-corrected chi connectivity index (χ1v) is 16.7. The molecule has 226 valence electrons. The van der Waals surface area contributed by atoms with E-state index in [0.717, 1.165) is 58.3 Å². The average molecular weight is 616 g/mol. The van der Waals surface area contributed by atoms with E-state index in [4.69, 9.17) is 9.47 Å². The number of para-hydroxylation sites is 4. The molecular formula is C45H29NO2. The molecule has 3 heteroatoms. The number of allylic oxidation sites excluding steroid dienone is 1. The molecule has 11 rings (SSSR count). The van der Waals surface area contributed by atoms with E-state index in [1.165, 1.54) is 49.9 Å². The molecule has 0 fully saturated rings. The lowest BCUT2D eigenvalue weighted by Crippen LogP contribution is -2.33. The summed E-state index contributed by atoms with van der Waals surface area (Å²) in [5.41, 5.74) is 12.6. The number of anilines is 3. The first-order valence-electron chi connectivity index (χ1n) is 16.7. The van der Waals surface area contributed by atoms with Crippen LogP contribution in [0.5, 0.6) is 23.0 Å². The summed E-state index contributed by atoms with van der Waals surface area (Å²) in [6, 6.07) is 50.5. The van der Waals surface area contributed by atoms with Gasteiger partial charge in [-0.1, -0.05) is 121 Å². The lowest BCUT2D eigenvalue weighted by molar-refractivity contribution is 0.439. The quantitative estimate of drug-likeness (QED) is 0.183. The van der Waals surface area contributed by atoms with Gasteiger partial charge in [0.05, 0.1) is 22.5 Å². The molecule has 4 aliphatic rings. The van der Waals surface area contributed by atoms with Crippen molar-refractivity contribution < 1.29 is 9.47 Å². The zero-order valence-corrected chi connectivity index (χ0v) is 26.1. The van der Waals surface area contributed by atoms with Gasteiger partial charge in [-0.15, -0.1) is 0 Å². The number of nitrogens with zero attached hydrogens (tertiary/aromatic N) is 1. The summed E-state index contributed by atoms with van der Waals surface area (Å²) < 4.78 is 13.6. The minimum absolute atomic E-state index is 0.583. The number of benzene rings is 7. The van der Waals surface area contributed by atoms with Crippen molar-refractivity contribution in [1.82, 2.24) is 0 Å². The summed E-state index contributed by atoms with van der Waals surface area (Å²) in [5, 5.41) is 2.31. The largest absolute Gasteiger partial charge is 0.455 e. The van der Waals surface area contributed by atoms with Gasteiger partial charge in [0.25, 0.3) is 0 Å². The second kappa shape index (κ2) is 9.49. The van der Waals surface area contributed by atoms with Crippen molar-refractivity contribution in [3.05, 3.63) is 179 Å². The highest BCUT2D eigenvalue weighted by Gasteiger charge is 2.53. The molecule has 2 aliphatic carbocycles. The zero-order chi connectivity index (χ0) is 31.4. The Morgan fingerprint density at radius 3 is 2.08 bits per heavy atom. The minimum Gasteiger partial charge on any atom is -0.455 e. The van der Waals surface area contributed by atoms with Gasteiger partial charge in [0.2, 0.25) is 0 Å². The highest BCUT2D eigenvalue weighted by molar-refractivity contribution is 6.02. The van der Waals surface area contributed by atoms with E-state index in [1.54, 1.807) is 0 Å². The molecule has 48 heavy (non-hydrogen) atoms. The van der Waals surface area contributed by atoms with Gasteiger partial charge in [-0.25, -0.2) is 0 Å². The van der Waals surface area contributed by atoms with Gasteiger partial charge in [-0.2, -0.15) is 0 Å². The van der Waals surface area contributed by atoms with E-state index >= 15 is 0 Å². The third kappa shape index (κ3) is 3.23. The maximum absolute atomic E-state index is 7.17. The van der Waals surface area contributed by atoms with E-state index in [-0.39, 0.29) is 0 Å². The Labute approximate surface area is 278 Å². The Balaban J connectivity index is 1.29. The molecule has 1 atom stereocenters. The van der Waals surface area contributed by atoms with Crippen LogP contribution in [0.3, 0.4) is 0 Å². The third-order valence-corrected chi connectivity index (χ3v) is 10.8. The second-order valence-electron chi connectivity index (χ2n) is 13.1. The maximum Gasteiger partial charge on any atom is 0.151 e. The van der Waals surface area contributed by atoms with Crippen molar-refractivity contribution >= 4 is 33.9 Å². The molecule has 0 saturated carbocycles. The molecule has 3 nitrogen and oxygen atoms in total. The van der Waals surface area contributed by atoms with Crippen LogP contribution < -0.4 is 14.4 Å². The lowest BCUT2D eigenvalue weighted by atomic mass is 9.65. The molecule has 7 aromatic carbocycles. The van der Waals surface area contributed by atoms with Gasteiger partial charge in [-0.05, 0) is 70.8 Å². The summed E-state index contributed by atoms with van der Waals surface area (Å²) in [6.45, 7) is 0. The van der Waals surface area contributed by atoms with E-state index < -0.39 is 5.41 Å². The Hall–Kier alpha value is -6.06. The fourth-order valence-electron chi connectivity index (χ4n) is 8.82. The molecule has 1 unspecified atom stereocenters. The number of hydrogen-bond donors (Lipinski definition) is 0. The first-order chi connectivity index (χ1) is 23.8. The van der Waals surface area contributed by atoms with Gasteiger partial charge in [-0.3, -0.25) is 0 Å². The van der Waals surface area contributed by atoms with Crippen LogP contribution in [0.15, 0.2) is 146 Å². The van der Waals surface area contributed by atoms with Crippen LogP contribution in [0.25, 0.3) is 28.0 Å². The smallest absolute Gasteiger partial charge is 0.151 e. The predicted molar refractivity (Wildman–Crippen MR) is 193 cm³/mol. The molecule has 0 amide bonds. The SMILES string of the molecule is C1=Cc2c(ccc3c2Oc2c(ccc4ccccc24)C32c3ccccc3-c3c(N4c5ccccc5Oc5ccccc54)cccc32)CC1. The monoisotopic (exact) mass is 615 g/mol. The molecule has 2 aliphatic heterocycles. The Morgan fingerprint density at radius 2 is 1.21 bits per heavy atom. The molecule has 2 heterocycles. The highest BCUT2D eigenvalue weighted by atomic mass is 16.5. The summed E-state index contributed by atoms with van der Waals surface area (Å²) in [7, 11) is 0. The van der Waals surface area contributed by atoms with Crippen LogP contribution >= 0.6 is 0 Å². The average Bonchev–Trinajstić information content (AvgIpc) is 3.44. The van der Waals surface area contributed by atoms with Crippen LogP contribution in [0.4, 0.5) is 17.1 Å². The van der Waals surface area contributed by atoms with Crippen LogP contribution in [-0.4, -0.2) is 0 Å².